The lowest BCUT2D eigenvalue weighted by atomic mass is 10.2. The molecule has 0 fully saturated rings. The molecule has 0 bridgehead atoms. The Morgan fingerprint density at radius 1 is 1.56 bits per heavy atom. The molecule has 0 amide bonds. The van der Waals surface area contributed by atoms with E-state index in [1.54, 1.807) is 0 Å². The number of hydrogen-bond acceptors (Lipinski definition) is 6. The summed E-state index contributed by atoms with van der Waals surface area (Å²) in [5, 5.41) is 9.06. The number of ether oxygens (including phenoxy) is 1. The van der Waals surface area contributed by atoms with E-state index in [9.17, 15) is 4.79 Å². The second kappa shape index (κ2) is 6.80. The zero-order valence-corrected chi connectivity index (χ0v) is 10.7. The van der Waals surface area contributed by atoms with Crippen LogP contribution in [0.3, 0.4) is 0 Å². The number of pyridine rings is 1. The van der Waals surface area contributed by atoms with Crippen molar-refractivity contribution in [2.24, 2.45) is 0 Å². The maximum atomic E-state index is 11.7. The Labute approximate surface area is 106 Å². The molecule has 0 aromatic carbocycles. The highest BCUT2D eigenvalue weighted by molar-refractivity contribution is 5.95. The summed E-state index contributed by atoms with van der Waals surface area (Å²) in [6, 6.07) is 1.54. The number of rotatable bonds is 6. The van der Waals surface area contributed by atoms with E-state index in [2.05, 4.69) is 4.98 Å². The molecule has 6 nitrogen and oxygen atoms in total. The fourth-order valence-electron chi connectivity index (χ4n) is 1.70. The van der Waals surface area contributed by atoms with Crippen molar-refractivity contribution in [1.82, 2.24) is 4.98 Å². The third-order valence-corrected chi connectivity index (χ3v) is 2.46. The molecule has 0 unspecified atom stereocenters. The highest BCUT2D eigenvalue weighted by atomic mass is 16.5. The van der Waals surface area contributed by atoms with E-state index in [0.717, 1.165) is 6.42 Å². The lowest BCUT2D eigenvalue weighted by Crippen LogP contribution is -2.30. The first kappa shape index (κ1) is 14.2. The molecule has 0 aliphatic rings. The van der Waals surface area contributed by atoms with Crippen molar-refractivity contribution in [3.05, 3.63) is 17.8 Å². The Balaban J connectivity index is 3.15. The number of aromatic nitrogens is 1. The van der Waals surface area contributed by atoms with Crippen LogP contribution in [0.25, 0.3) is 0 Å². The summed E-state index contributed by atoms with van der Waals surface area (Å²) in [5.74, 6) is 0.00999. The smallest absolute Gasteiger partial charge is 0.341 e. The quantitative estimate of drug-likeness (QED) is 0.724. The number of hydrogen-bond donors (Lipinski definition) is 2. The molecule has 3 N–H and O–H groups in total. The van der Waals surface area contributed by atoms with Crippen LogP contribution in [-0.2, 0) is 4.74 Å². The van der Waals surface area contributed by atoms with Gasteiger partial charge in [-0.05, 0) is 12.5 Å². The Hall–Kier alpha value is -1.82. The maximum Gasteiger partial charge on any atom is 0.341 e. The number of esters is 1. The van der Waals surface area contributed by atoms with Gasteiger partial charge in [0.25, 0.3) is 0 Å². The largest absolute Gasteiger partial charge is 0.465 e. The van der Waals surface area contributed by atoms with Gasteiger partial charge in [-0.25, -0.2) is 9.78 Å². The summed E-state index contributed by atoms with van der Waals surface area (Å²) in [7, 11) is 1.31. The van der Waals surface area contributed by atoms with Crippen LogP contribution in [0.1, 0.15) is 23.7 Å². The second-order valence-electron chi connectivity index (χ2n) is 3.84. The van der Waals surface area contributed by atoms with Gasteiger partial charge in [-0.15, -0.1) is 0 Å². The Morgan fingerprint density at radius 2 is 2.28 bits per heavy atom. The van der Waals surface area contributed by atoms with Crippen molar-refractivity contribution in [3.8, 4) is 0 Å². The first-order chi connectivity index (χ1) is 8.63. The number of aliphatic hydroxyl groups is 1. The lowest BCUT2D eigenvalue weighted by Gasteiger charge is -2.24. The van der Waals surface area contributed by atoms with E-state index in [1.807, 2.05) is 11.8 Å². The molecule has 0 atom stereocenters. The molecule has 0 saturated carbocycles. The van der Waals surface area contributed by atoms with Gasteiger partial charge < -0.3 is 20.5 Å². The molecule has 0 aliphatic heterocycles. The fraction of sp³-hybridized carbons (Fsp3) is 0.500. The normalized spacial score (nSPS) is 10.2. The van der Waals surface area contributed by atoms with E-state index in [4.69, 9.17) is 15.6 Å². The Bertz CT molecular complexity index is 404. The molecule has 0 saturated heterocycles. The molecular formula is C12H19N3O3. The number of nitrogen functional groups attached to an aromatic ring is 1. The number of methoxy groups -OCH3 is 1. The second-order valence-corrected chi connectivity index (χ2v) is 3.84. The van der Waals surface area contributed by atoms with Crippen LogP contribution in [0.15, 0.2) is 12.3 Å². The van der Waals surface area contributed by atoms with Gasteiger partial charge in [-0.1, -0.05) is 6.92 Å². The minimum atomic E-state index is -0.483. The number of carbonyl (C=O) groups excluding carboxylic acids is 1. The summed E-state index contributed by atoms with van der Waals surface area (Å²) in [6.45, 7) is 3.11. The van der Waals surface area contributed by atoms with Crippen LogP contribution in [0.4, 0.5) is 11.5 Å². The lowest BCUT2D eigenvalue weighted by molar-refractivity contribution is 0.0601. The summed E-state index contributed by atoms with van der Waals surface area (Å²) in [4.78, 5) is 17.7. The summed E-state index contributed by atoms with van der Waals surface area (Å²) >= 11 is 0. The molecular weight excluding hydrogens is 234 g/mol. The number of anilines is 2. The molecule has 6 heteroatoms. The Morgan fingerprint density at radius 3 is 2.83 bits per heavy atom. The number of nitrogens with zero attached hydrogens (tertiary/aromatic N) is 2. The van der Waals surface area contributed by atoms with Crippen LogP contribution in [0.5, 0.6) is 0 Å². The minimum absolute atomic E-state index is 0.00727. The van der Waals surface area contributed by atoms with Crippen molar-refractivity contribution in [2.75, 3.05) is 37.4 Å². The molecule has 1 aromatic heterocycles. The van der Waals surface area contributed by atoms with Crippen LogP contribution in [0.2, 0.25) is 0 Å². The predicted molar refractivity (Wildman–Crippen MR) is 69.6 cm³/mol. The third kappa shape index (κ3) is 3.33. The molecule has 0 radical (unpaired) electrons. The molecule has 0 spiro atoms. The van der Waals surface area contributed by atoms with Crippen molar-refractivity contribution in [1.29, 1.82) is 0 Å². The van der Waals surface area contributed by atoms with Crippen molar-refractivity contribution < 1.29 is 14.6 Å². The molecule has 0 aliphatic carbocycles. The highest BCUT2D eigenvalue weighted by Gasteiger charge is 2.18. The van der Waals surface area contributed by atoms with Crippen LogP contribution < -0.4 is 10.6 Å². The molecule has 18 heavy (non-hydrogen) atoms. The third-order valence-electron chi connectivity index (χ3n) is 2.46. The highest BCUT2D eigenvalue weighted by Crippen LogP contribution is 2.21. The zero-order chi connectivity index (χ0) is 13.5. The van der Waals surface area contributed by atoms with Crippen LogP contribution in [0, 0.1) is 0 Å². The monoisotopic (exact) mass is 253 g/mol. The zero-order valence-electron chi connectivity index (χ0n) is 10.7. The maximum absolute atomic E-state index is 11.7. The van der Waals surface area contributed by atoms with Gasteiger partial charge in [0.15, 0.2) is 0 Å². The van der Waals surface area contributed by atoms with Crippen molar-refractivity contribution in [3.63, 3.8) is 0 Å². The molecule has 100 valence electrons. The van der Waals surface area contributed by atoms with Gasteiger partial charge >= 0.3 is 5.97 Å². The van der Waals surface area contributed by atoms with Gasteiger partial charge in [-0.2, -0.15) is 0 Å². The Kier molecular flexibility index (Phi) is 5.38. The van der Waals surface area contributed by atoms with Gasteiger partial charge in [0.05, 0.1) is 25.6 Å². The fourth-order valence-corrected chi connectivity index (χ4v) is 1.70. The topological polar surface area (TPSA) is 88.7 Å². The van der Waals surface area contributed by atoms with E-state index >= 15 is 0 Å². The van der Waals surface area contributed by atoms with Crippen molar-refractivity contribution in [2.45, 2.75) is 13.3 Å². The molecule has 1 rings (SSSR count). The van der Waals surface area contributed by atoms with E-state index in [0.29, 0.717) is 30.2 Å². The predicted octanol–water partition coefficient (Wildman–Crippen LogP) is 0.659. The number of carbonyl (C=O) groups is 1. The summed E-state index contributed by atoms with van der Waals surface area (Å²) in [6.07, 6.45) is 2.37. The minimum Gasteiger partial charge on any atom is -0.465 e. The number of nitrogens with two attached hydrogens (primary N) is 1. The summed E-state index contributed by atoms with van der Waals surface area (Å²) in [5.41, 5.74) is 6.35. The van der Waals surface area contributed by atoms with Crippen LogP contribution in [-0.4, -0.2) is 42.9 Å². The van der Waals surface area contributed by atoms with Gasteiger partial charge in [0.2, 0.25) is 0 Å². The summed E-state index contributed by atoms with van der Waals surface area (Å²) < 4.78 is 4.71. The SMILES string of the molecule is CCCN(CCO)c1ncc(N)cc1C(=O)OC. The average molecular weight is 253 g/mol. The van der Waals surface area contributed by atoms with Gasteiger partial charge in [0, 0.05) is 13.1 Å². The number of aliphatic hydroxyl groups excluding tert-OH is 1. The first-order valence-electron chi connectivity index (χ1n) is 5.83. The average Bonchev–Trinajstić information content (AvgIpc) is 2.37. The molecule has 1 aromatic rings. The van der Waals surface area contributed by atoms with E-state index in [-0.39, 0.29) is 6.61 Å². The van der Waals surface area contributed by atoms with Gasteiger partial charge in [-0.3, -0.25) is 0 Å². The van der Waals surface area contributed by atoms with E-state index in [1.165, 1.54) is 19.4 Å². The van der Waals surface area contributed by atoms with Crippen molar-refractivity contribution >= 4 is 17.5 Å². The first-order valence-corrected chi connectivity index (χ1v) is 5.83. The van der Waals surface area contributed by atoms with Crippen LogP contribution >= 0.6 is 0 Å². The van der Waals surface area contributed by atoms with Gasteiger partial charge in [0.1, 0.15) is 11.4 Å². The standard InChI is InChI=1S/C12H19N3O3/c1-3-4-15(5-6-16)11-10(12(17)18-2)7-9(13)8-14-11/h7-8,16H,3-6,13H2,1-2H3. The van der Waals surface area contributed by atoms with E-state index < -0.39 is 5.97 Å². The molecule has 1 heterocycles.